The molecule has 7 aromatic rings. The Balaban J connectivity index is 1.19. The summed E-state index contributed by atoms with van der Waals surface area (Å²) in [5.41, 5.74) is 9.56. The van der Waals surface area contributed by atoms with Crippen LogP contribution in [-0.2, 0) is 0 Å². The minimum absolute atomic E-state index is 0.310. The third-order valence-electron chi connectivity index (χ3n) is 10.6. The van der Waals surface area contributed by atoms with E-state index in [2.05, 4.69) is 182 Å². The molecule has 2 atom stereocenters. The molecule has 0 radical (unpaired) electrons. The van der Waals surface area contributed by atoms with Gasteiger partial charge in [-0.05, 0) is 81.1 Å². The predicted molar refractivity (Wildman–Crippen MR) is 251 cm³/mol. The minimum atomic E-state index is 0.310. The molecular weight excluding hydrogens is 729 g/mol. The summed E-state index contributed by atoms with van der Waals surface area (Å²) < 4.78 is 2.44. The molecule has 0 amide bonds. The predicted octanol–water partition coefficient (Wildman–Crippen LogP) is 15.1. The maximum Gasteiger partial charge on any atom is 0.0763 e. The largest absolute Gasteiger partial charge is 0.310 e. The number of thiol groups is 1. The molecule has 57 heavy (non-hydrogen) atoms. The summed E-state index contributed by atoms with van der Waals surface area (Å²) in [7, 11) is 0. The summed E-state index contributed by atoms with van der Waals surface area (Å²) in [6.07, 6.45) is 25.9. The summed E-state index contributed by atoms with van der Waals surface area (Å²) in [6, 6.07) is 45.0. The average molecular weight is 769 g/mol. The summed E-state index contributed by atoms with van der Waals surface area (Å²) in [6.45, 7) is 8.71. The molecule has 2 aliphatic carbocycles. The van der Waals surface area contributed by atoms with Crippen LogP contribution in [0.2, 0.25) is 0 Å². The van der Waals surface area contributed by atoms with E-state index in [0.717, 1.165) is 38.8 Å². The Morgan fingerprint density at radius 2 is 1.42 bits per heavy atom. The number of nitrogens with zero attached hydrogens (tertiary/aromatic N) is 2. The van der Waals surface area contributed by atoms with Gasteiger partial charge in [0, 0.05) is 54.5 Å². The third-order valence-corrected chi connectivity index (χ3v) is 12.2. The van der Waals surface area contributed by atoms with E-state index in [1.165, 1.54) is 47.6 Å². The number of anilines is 2. The molecule has 2 nitrogen and oxygen atoms in total. The zero-order valence-electron chi connectivity index (χ0n) is 31.4. The summed E-state index contributed by atoms with van der Waals surface area (Å²) >= 11 is 6.44. The molecule has 0 N–H and O–H groups in total. The second-order valence-electron chi connectivity index (χ2n) is 14.3. The first kappa shape index (κ1) is 36.2. The van der Waals surface area contributed by atoms with Gasteiger partial charge in [0.2, 0.25) is 0 Å². The molecule has 0 saturated heterocycles. The van der Waals surface area contributed by atoms with Crippen molar-refractivity contribution in [1.82, 2.24) is 0 Å². The fourth-order valence-corrected chi connectivity index (χ4v) is 9.32. The Bertz CT molecular complexity index is 2900. The van der Waals surface area contributed by atoms with Gasteiger partial charge >= 0.3 is 0 Å². The molecule has 9 rings (SSSR count). The zero-order valence-corrected chi connectivity index (χ0v) is 33.1. The highest BCUT2D eigenvalue weighted by Crippen LogP contribution is 2.47. The van der Waals surface area contributed by atoms with Crippen LogP contribution in [0.1, 0.15) is 5.56 Å². The molecular formula is C53H40N2S2. The molecule has 274 valence electrons. The van der Waals surface area contributed by atoms with Crippen molar-refractivity contribution in [2.75, 3.05) is 4.90 Å². The van der Waals surface area contributed by atoms with Crippen LogP contribution in [0.25, 0.3) is 42.1 Å². The highest BCUT2D eigenvalue weighted by atomic mass is 32.1. The number of rotatable bonds is 10. The Morgan fingerprint density at radius 3 is 2.19 bits per heavy atom. The topological polar surface area (TPSA) is 15.6 Å². The molecule has 0 aliphatic heterocycles. The van der Waals surface area contributed by atoms with E-state index < -0.39 is 0 Å². The van der Waals surface area contributed by atoms with Crippen LogP contribution in [-0.4, -0.2) is 6.21 Å². The lowest BCUT2D eigenvalue weighted by Crippen LogP contribution is -2.15. The Kier molecular flexibility index (Phi) is 10.1. The molecule has 6 aromatic carbocycles. The molecule has 2 aliphatic rings. The third kappa shape index (κ3) is 7.34. The van der Waals surface area contributed by atoms with Gasteiger partial charge in [0.05, 0.1) is 11.4 Å². The van der Waals surface area contributed by atoms with E-state index in [1.54, 1.807) is 0 Å². The van der Waals surface area contributed by atoms with Gasteiger partial charge in [-0.2, -0.15) is 0 Å². The van der Waals surface area contributed by atoms with Crippen LogP contribution < -0.4 is 4.90 Å². The van der Waals surface area contributed by atoms with Gasteiger partial charge < -0.3 is 4.90 Å². The first-order valence-corrected chi connectivity index (χ1v) is 20.4. The number of hydrogen-bond donors (Lipinski definition) is 1. The number of para-hydroxylation sites is 1. The van der Waals surface area contributed by atoms with Gasteiger partial charge in [0.15, 0.2) is 0 Å². The van der Waals surface area contributed by atoms with Crippen molar-refractivity contribution >= 4 is 78.2 Å². The van der Waals surface area contributed by atoms with Crippen molar-refractivity contribution in [2.24, 2.45) is 16.8 Å². The van der Waals surface area contributed by atoms with Crippen LogP contribution in [0, 0.1) is 11.8 Å². The standard InChI is InChI=1S/C53H40N2S2/c1-3-4-14-40-32-41-17-8-9-18-42(41)33-43(40)25-23-36(2)55(45-28-26-39(27-29-45)38-15-6-5-7-16-38)49-34-44-19-10-11-20-46(44)53-52(49)47-30-24-37(31-51(47)57-53)35-54-48-21-12-13-22-50(48)56/h3-35,41-42,56H,1-2H2/b14-4-,25-23-,54-35+. The molecule has 0 spiro atoms. The first-order valence-electron chi connectivity index (χ1n) is 19.1. The highest BCUT2D eigenvalue weighted by molar-refractivity contribution is 7.80. The van der Waals surface area contributed by atoms with Gasteiger partial charge in [-0.25, -0.2) is 0 Å². The monoisotopic (exact) mass is 768 g/mol. The van der Waals surface area contributed by atoms with Gasteiger partial charge in [-0.1, -0.05) is 165 Å². The Morgan fingerprint density at radius 1 is 0.719 bits per heavy atom. The summed E-state index contributed by atoms with van der Waals surface area (Å²) in [5.74, 6) is 0.646. The molecule has 4 heteroatoms. The fraction of sp³-hybridized carbons (Fsp3) is 0.0377. The van der Waals surface area contributed by atoms with Crippen LogP contribution in [0.3, 0.4) is 0 Å². The number of thiophene rings is 1. The lowest BCUT2D eigenvalue weighted by molar-refractivity contribution is 0.652. The molecule has 2 unspecified atom stereocenters. The molecule has 1 aromatic heterocycles. The van der Waals surface area contributed by atoms with Crippen LogP contribution in [0.5, 0.6) is 0 Å². The van der Waals surface area contributed by atoms with Crippen molar-refractivity contribution in [3.05, 3.63) is 230 Å². The smallest absolute Gasteiger partial charge is 0.0763 e. The normalized spacial score (nSPS) is 16.5. The van der Waals surface area contributed by atoms with E-state index in [4.69, 9.17) is 11.6 Å². The second kappa shape index (κ2) is 16.0. The van der Waals surface area contributed by atoms with E-state index in [0.29, 0.717) is 11.8 Å². The molecule has 1 heterocycles. The lowest BCUT2D eigenvalue weighted by atomic mass is 9.79. The maximum absolute atomic E-state index is 4.78. The number of benzene rings is 6. The Hall–Kier alpha value is -6.46. The maximum atomic E-state index is 4.78. The number of aliphatic imine (C=N–C) groups is 1. The van der Waals surface area contributed by atoms with Crippen LogP contribution in [0.15, 0.2) is 234 Å². The van der Waals surface area contributed by atoms with E-state index in [9.17, 15) is 0 Å². The van der Waals surface area contributed by atoms with Gasteiger partial charge in [-0.3, -0.25) is 4.99 Å². The number of allylic oxidation sites excluding steroid dienone is 13. The van der Waals surface area contributed by atoms with Gasteiger partial charge in [0.1, 0.15) is 0 Å². The summed E-state index contributed by atoms with van der Waals surface area (Å²) in [5, 5.41) is 4.81. The number of hydrogen-bond acceptors (Lipinski definition) is 4. The fourth-order valence-electron chi connectivity index (χ4n) is 7.79. The van der Waals surface area contributed by atoms with Crippen molar-refractivity contribution in [1.29, 1.82) is 0 Å². The Labute approximate surface area is 344 Å². The summed E-state index contributed by atoms with van der Waals surface area (Å²) in [4.78, 5) is 7.95. The van der Waals surface area contributed by atoms with Gasteiger partial charge in [-0.15, -0.1) is 24.0 Å². The molecule has 0 saturated carbocycles. The highest BCUT2D eigenvalue weighted by Gasteiger charge is 2.23. The van der Waals surface area contributed by atoms with E-state index >= 15 is 0 Å². The van der Waals surface area contributed by atoms with Crippen LogP contribution in [0.4, 0.5) is 17.1 Å². The lowest BCUT2D eigenvalue weighted by Gasteiger charge is -2.28. The quantitative estimate of drug-likeness (QED) is 0.0832. The van der Waals surface area contributed by atoms with E-state index in [-0.39, 0.29) is 0 Å². The van der Waals surface area contributed by atoms with Crippen molar-refractivity contribution in [3.8, 4) is 11.1 Å². The van der Waals surface area contributed by atoms with Crippen molar-refractivity contribution < 1.29 is 0 Å². The number of fused-ring (bicyclic) bond motifs is 6. The second-order valence-corrected chi connectivity index (χ2v) is 15.8. The zero-order chi connectivity index (χ0) is 38.7. The molecule has 0 fully saturated rings. The first-order chi connectivity index (χ1) is 28.0. The SMILES string of the molecule is C=C/C=C\C1=CC2C=CC=CC2C=C1/C=C\C(=C)N(c1ccc(-c2ccccc2)cc1)c1cc2ccccc2c2sc3cc(/C=N/c4ccccc4S)ccc3c12. The average Bonchev–Trinajstić information content (AvgIpc) is 3.64. The van der Waals surface area contributed by atoms with Crippen LogP contribution >= 0.6 is 24.0 Å². The molecule has 0 bridgehead atoms. The van der Waals surface area contributed by atoms with Crippen molar-refractivity contribution in [3.63, 3.8) is 0 Å². The van der Waals surface area contributed by atoms with E-state index in [1.807, 2.05) is 54.0 Å². The minimum Gasteiger partial charge on any atom is -0.310 e. The van der Waals surface area contributed by atoms with Gasteiger partial charge in [0.25, 0.3) is 0 Å². The van der Waals surface area contributed by atoms with Crippen molar-refractivity contribution in [2.45, 2.75) is 4.90 Å².